The maximum absolute atomic E-state index is 15.1. The number of nitrogens with one attached hydrogen (secondary N) is 16. The molecule has 7 aromatic rings. The van der Waals surface area contributed by atoms with Crippen LogP contribution in [0.3, 0.4) is 0 Å². The summed E-state index contributed by atoms with van der Waals surface area (Å²) in [5, 5.41) is 101. The van der Waals surface area contributed by atoms with Gasteiger partial charge in [0.2, 0.25) is 76.8 Å². The first-order valence-corrected chi connectivity index (χ1v) is 37.5. The number of aliphatic hydroxyl groups excluding tert-OH is 3. The van der Waals surface area contributed by atoms with Gasteiger partial charge >= 0.3 is 5.97 Å². The Morgan fingerprint density at radius 3 is 1.31 bits per heavy atom. The fourth-order valence-electron chi connectivity index (χ4n) is 12.6. The van der Waals surface area contributed by atoms with Crippen LogP contribution in [-0.4, -0.2) is 237 Å². The third-order valence-corrected chi connectivity index (χ3v) is 18.8. The molecule has 4 aromatic carbocycles. The van der Waals surface area contributed by atoms with Gasteiger partial charge in [-0.3, -0.25) is 67.7 Å². The third-order valence-electron chi connectivity index (χ3n) is 18.8. The molecule has 118 heavy (non-hydrogen) atoms. The first-order valence-electron chi connectivity index (χ1n) is 37.5. The van der Waals surface area contributed by atoms with Crippen LogP contribution in [0.5, 0.6) is 11.5 Å². The summed E-state index contributed by atoms with van der Waals surface area (Å²) in [6.07, 6.45) is -1.26. The van der Waals surface area contributed by atoms with Gasteiger partial charge < -0.3 is 132 Å². The van der Waals surface area contributed by atoms with Gasteiger partial charge in [-0.25, -0.2) is 9.78 Å². The van der Waals surface area contributed by atoms with Gasteiger partial charge in [-0.15, -0.1) is 0 Å². The van der Waals surface area contributed by atoms with Crippen LogP contribution in [0, 0.1) is 11.3 Å². The van der Waals surface area contributed by atoms with Gasteiger partial charge in [-0.1, -0.05) is 74.5 Å². The zero-order valence-corrected chi connectivity index (χ0v) is 64.8. The molecule has 14 atom stereocenters. The van der Waals surface area contributed by atoms with Gasteiger partial charge in [-0.05, 0) is 104 Å². The Kier molecular flexibility index (Phi) is 34.0. The fourth-order valence-corrected chi connectivity index (χ4v) is 12.6. The van der Waals surface area contributed by atoms with Crippen molar-refractivity contribution in [2.24, 2.45) is 28.9 Å². The van der Waals surface area contributed by atoms with Crippen molar-refractivity contribution in [3.63, 3.8) is 0 Å². The van der Waals surface area contributed by atoms with E-state index in [4.69, 9.17) is 28.3 Å². The molecule has 0 fully saturated rings. The molecule has 0 aliphatic heterocycles. The number of hydrogen-bond donors (Lipinski definition) is 26. The van der Waals surface area contributed by atoms with Crippen LogP contribution < -0.4 is 86.7 Å². The highest BCUT2D eigenvalue weighted by Gasteiger charge is 2.40. The Labute approximate surface area is 674 Å². The highest BCUT2D eigenvalue weighted by atomic mass is 16.4. The summed E-state index contributed by atoms with van der Waals surface area (Å²) in [4.78, 5) is 209. The molecule has 3 heterocycles. The molecule has 0 saturated heterocycles. The molecule has 0 spiro atoms. The average Bonchev–Trinajstić information content (AvgIpc) is 1.49. The van der Waals surface area contributed by atoms with Gasteiger partial charge in [0.1, 0.15) is 71.9 Å². The second kappa shape index (κ2) is 43.8. The number of fused-ring (bicyclic) bond motifs is 2. The monoisotopic (exact) mass is 1640 g/mol. The SMILES string of the molecule is CC(C)C[C@H](NC(=O)[C@H](CC(N)=O)NC(=O)[C@H](Cc1c[nH]c2ccccc12)NC(=O)[C@@H](NC(=O)[C@H](Cc1ccc(O)cc1)NC(=O)[C@H](Cc1ccc(O)cc1)NC(=O)[C@H](CO)NC(=O)[C@H](CCCNC(=N)N)NC(=O)[C@H](Cc1c[nH]cn1)NC(=O)[C@@H](N)Cc1c[nH]c2ccccc12)[C@@H](C)O)C(=O)N[C@@H](CC(N)=O)C(=O)N[C@H](C(=O)O)[C@@H](C)O. The molecule has 30 N–H and O–H groups in total. The zero-order chi connectivity index (χ0) is 86.6. The van der Waals surface area contributed by atoms with E-state index in [2.05, 4.69) is 78.4 Å². The number of H-pyrrole nitrogens is 3. The molecular weight excluding hydrogens is 1540 g/mol. The summed E-state index contributed by atoms with van der Waals surface area (Å²) >= 11 is 0. The summed E-state index contributed by atoms with van der Waals surface area (Å²) in [6.45, 7) is 4.24. The Morgan fingerprint density at radius 2 is 0.839 bits per heavy atom. The molecule has 0 aliphatic carbocycles. The predicted octanol–water partition coefficient (Wildman–Crippen LogP) is -5.14. The zero-order valence-electron chi connectivity index (χ0n) is 64.8. The molecule has 634 valence electrons. The van der Waals surface area contributed by atoms with Crippen molar-refractivity contribution >= 4 is 111 Å². The number of hydrogen-bond acceptors (Lipinski definition) is 22. The molecule has 3 aromatic heterocycles. The number of primary amides is 2. The molecule has 0 saturated carbocycles. The van der Waals surface area contributed by atoms with Crippen molar-refractivity contribution < 1.29 is 97.8 Å². The number of phenolic OH excluding ortho intramolecular Hbond substituents is 2. The minimum absolute atomic E-state index is 0.000707. The minimum Gasteiger partial charge on any atom is -0.508 e. The van der Waals surface area contributed by atoms with Crippen LogP contribution in [0.4, 0.5) is 0 Å². The Morgan fingerprint density at radius 1 is 0.449 bits per heavy atom. The lowest BCUT2D eigenvalue weighted by molar-refractivity contribution is -0.145. The summed E-state index contributed by atoms with van der Waals surface area (Å²) in [6, 6.07) is 3.70. The number of phenols is 2. The van der Waals surface area contributed by atoms with Crippen LogP contribution in [0.15, 0.2) is 122 Å². The quantitative estimate of drug-likeness (QED) is 0.00964. The fraction of sp³-hybridized carbons (Fsp3) is 0.403. The first-order chi connectivity index (χ1) is 56.0. The number of rotatable bonds is 46. The van der Waals surface area contributed by atoms with E-state index in [0.29, 0.717) is 22.2 Å². The second-order valence-corrected chi connectivity index (χ2v) is 28.7. The van der Waals surface area contributed by atoms with E-state index in [1.165, 1.54) is 67.3 Å². The number of aliphatic hydroxyl groups is 3. The number of carbonyl (C=O) groups excluding carboxylic acids is 13. The number of carbonyl (C=O) groups is 14. The molecule has 0 radical (unpaired) electrons. The van der Waals surface area contributed by atoms with E-state index < -0.39 is 218 Å². The number of para-hydroxylation sites is 2. The number of aliphatic carboxylic acids is 1. The lowest BCUT2D eigenvalue weighted by Crippen LogP contribution is -2.63. The number of carboxylic acid groups (broad SMARTS) is 1. The number of carboxylic acids is 1. The smallest absolute Gasteiger partial charge is 0.328 e. The van der Waals surface area contributed by atoms with Crippen molar-refractivity contribution in [3.05, 3.63) is 150 Å². The standard InChI is InChI=1S/C77H101N21O20/c1-37(2)24-53(67(108)94-59(31-62(80)105)73(114)98-64(39(4)101)76(117)118)90-71(112)58(30-61(79)104)93-69(110)56(28-43-33-86-51-13-8-6-11-48(43)51)95-75(116)63(38(3)100)97-72(113)55(26-41-17-21-46(103)22-18-41)91-68(109)54(25-40-15-19-45(102)20-16-40)92-74(115)60(35-99)96-66(107)52(14-9-23-84-77(81)82)88-70(111)57(29-44-34-83-36-87-44)89-65(106)49(78)27-42-32-85-50-12-7-5-10-47(42)50/h5-8,10-13,15-22,32-34,36-39,49,52-60,63-64,85-86,99-103H,9,14,23-31,35,78H2,1-4H3,(H2,79,104)(H2,80,105)(H,83,87)(H,88,111)(H,89,106)(H,90,112)(H,91,109)(H,92,115)(H,93,110)(H,94,108)(H,95,116)(H,96,107)(H,97,113)(H,98,114)(H,117,118)(H4,81,82,84)/t38-,39-,49+,52+,53+,54+,55+,56+,57+,58+,59+,60+,63+,64+/m1/s1. The lowest BCUT2D eigenvalue weighted by Gasteiger charge is -2.29. The number of guanidine groups is 1. The van der Waals surface area contributed by atoms with Gasteiger partial charge in [0.05, 0.1) is 49.7 Å². The van der Waals surface area contributed by atoms with E-state index in [0.717, 1.165) is 30.3 Å². The molecule has 0 unspecified atom stereocenters. The molecule has 13 amide bonds. The average molecular weight is 1640 g/mol. The number of amides is 13. The van der Waals surface area contributed by atoms with E-state index in [1.54, 1.807) is 44.3 Å². The second-order valence-electron chi connectivity index (χ2n) is 28.7. The summed E-state index contributed by atoms with van der Waals surface area (Å²) < 4.78 is 0. The van der Waals surface area contributed by atoms with Crippen molar-refractivity contribution in [1.29, 1.82) is 5.41 Å². The number of benzene rings is 4. The Bertz CT molecular complexity index is 4690. The van der Waals surface area contributed by atoms with Crippen LogP contribution in [0.1, 0.15) is 87.7 Å². The molecule has 0 aliphatic rings. The molecule has 41 heteroatoms. The van der Waals surface area contributed by atoms with E-state index in [9.17, 15) is 88.2 Å². The first kappa shape index (κ1) is 91.6. The lowest BCUT2D eigenvalue weighted by atomic mass is 10.0. The van der Waals surface area contributed by atoms with Crippen molar-refractivity contribution in [3.8, 4) is 11.5 Å². The van der Waals surface area contributed by atoms with Crippen molar-refractivity contribution in [1.82, 2.24) is 83.7 Å². The molecule has 41 nitrogen and oxygen atoms in total. The molecular formula is C77H101N21O20. The molecule has 7 rings (SSSR count). The van der Waals surface area contributed by atoms with Gasteiger partial charge in [0, 0.05) is 72.6 Å². The number of imidazole rings is 1. The van der Waals surface area contributed by atoms with E-state index in [-0.39, 0.29) is 61.3 Å². The highest BCUT2D eigenvalue weighted by molar-refractivity contribution is 6.01. The Balaban J connectivity index is 1.13. The normalized spacial score (nSPS) is 14.8. The van der Waals surface area contributed by atoms with E-state index in [1.807, 2.05) is 29.6 Å². The van der Waals surface area contributed by atoms with E-state index >= 15 is 9.59 Å². The largest absolute Gasteiger partial charge is 0.508 e. The van der Waals surface area contributed by atoms with Crippen molar-refractivity contribution in [2.45, 2.75) is 177 Å². The third kappa shape index (κ3) is 27.9. The van der Waals surface area contributed by atoms with Crippen LogP contribution in [-0.2, 0) is 99.2 Å². The summed E-state index contributed by atoms with van der Waals surface area (Å²) in [5.41, 5.74) is 26.2. The summed E-state index contributed by atoms with van der Waals surface area (Å²) in [7, 11) is 0. The van der Waals surface area contributed by atoms with Crippen LogP contribution in [0.25, 0.3) is 21.8 Å². The highest BCUT2D eigenvalue weighted by Crippen LogP contribution is 2.23. The van der Waals surface area contributed by atoms with Gasteiger partial charge in [0.25, 0.3) is 0 Å². The number of aromatic hydroxyl groups is 2. The molecule has 0 bridgehead atoms. The maximum atomic E-state index is 15.1. The number of nitrogens with zero attached hydrogens (tertiary/aromatic N) is 1. The maximum Gasteiger partial charge on any atom is 0.328 e. The topological polar surface area (TPSA) is 693 Å². The van der Waals surface area contributed by atoms with Crippen molar-refractivity contribution in [2.75, 3.05) is 13.2 Å². The van der Waals surface area contributed by atoms with Crippen LogP contribution in [0.2, 0.25) is 0 Å². The number of aromatic nitrogens is 4. The summed E-state index contributed by atoms with van der Waals surface area (Å²) in [5.74, 6) is -17.7. The van der Waals surface area contributed by atoms with Gasteiger partial charge in [0.15, 0.2) is 12.0 Å². The predicted molar refractivity (Wildman–Crippen MR) is 423 cm³/mol. The van der Waals surface area contributed by atoms with Gasteiger partial charge in [-0.2, -0.15) is 0 Å². The minimum atomic E-state index is -2.05. The van der Waals surface area contributed by atoms with Crippen LogP contribution >= 0.6 is 0 Å². The number of aromatic amines is 3. The number of nitrogens with two attached hydrogens (primary N) is 4. The Hall–Kier alpha value is -13.5.